The van der Waals surface area contributed by atoms with Crippen LogP contribution in [0.1, 0.15) is 12.8 Å². The summed E-state index contributed by atoms with van der Waals surface area (Å²) >= 11 is 9.34. The Morgan fingerprint density at radius 1 is 1.60 bits per heavy atom. The number of nitrogens with one attached hydrogen (secondary N) is 1. The zero-order chi connectivity index (χ0) is 14.5. The standard InChI is InChI=1S/C14H17BrClNO3/c1-19-14(18)13(9-3-2-6-20-8-9)17-10-4-5-12(16)11(15)7-10/h4-5,7,9,13,17H,2-3,6,8H2,1H3. The van der Waals surface area contributed by atoms with Crippen molar-refractivity contribution >= 4 is 39.2 Å². The number of hydrogen-bond donors (Lipinski definition) is 1. The summed E-state index contributed by atoms with van der Waals surface area (Å²) in [5.74, 6) is -0.155. The number of carbonyl (C=O) groups excluding carboxylic acids is 1. The van der Waals surface area contributed by atoms with Gasteiger partial charge in [0, 0.05) is 22.7 Å². The second-order valence-corrected chi connectivity index (χ2v) is 6.01. The smallest absolute Gasteiger partial charge is 0.328 e. The predicted octanol–water partition coefficient (Wildman–Crippen LogP) is 3.48. The van der Waals surface area contributed by atoms with Crippen molar-refractivity contribution in [3.05, 3.63) is 27.7 Å². The van der Waals surface area contributed by atoms with Gasteiger partial charge >= 0.3 is 5.97 Å². The van der Waals surface area contributed by atoms with Crippen LogP contribution in [0.5, 0.6) is 0 Å². The Balaban J connectivity index is 2.14. The molecule has 1 saturated heterocycles. The third kappa shape index (κ3) is 3.87. The second-order valence-electron chi connectivity index (χ2n) is 4.75. The molecule has 1 heterocycles. The summed E-state index contributed by atoms with van der Waals surface area (Å²) in [5, 5.41) is 3.85. The van der Waals surface area contributed by atoms with Gasteiger partial charge in [0.15, 0.2) is 0 Å². The van der Waals surface area contributed by atoms with E-state index in [-0.39, 0.29) is 11.9 Å². The van der Waals surface area contributed by atoms with Crippen LogP contribution in [0.2, 0.25) is 5.02 Å². The van der Waals surface area contributed by atoms with Gasteiger partial charge in [-0.05, 0) is 47.0 Å². The quantitative estimate of drug-likeness (QED) is 0.833. The molecule has 0 bridgehead atoms. The Kier molecular flexibility index (Phi) is 5.69. The highest BCUT2D eigenvalue weighted by Gasteiger charge is 2.31. The normalized spacial score (nSPS) is 20.2. The fraction of sp³-hybridized carbons (Fsp3) is 0.500. The molecule has 1 aliphatic heterocycles. The van der Waals surface area contributed by atoms with E-state index in [2.05, 4.69) is 21.2 Å². The van der Waals surface area contributed by atoms with Crippen LogP contribution in [-0.4, -0.2) is 32.3 Å². The van der Waals surface area contributed by atoms with E-state index in [0.717, 1.165) is 29.6 Å². The fourth-order valence-corrected chi connectivity index (χ4v) is 2.79. The van der Waals surface area contributed by atoms with Crippen molar-refractivity contribution in [2.45, 2.75) is 18.9 Å². The van der Waals surface area contributed by atoms with Crippen LogP contribution in [0.15, 0.2) is 22.7 Å². The summed E-state index contributed by atoms with van der Waals surface area (Å²) in [6, 6.07) is 5.06. The van der Waals surface area contributed by atoms with E-state index in [1.165, 1.54) is 7.11 Å². The molecule has 2 atom stereocenters. The molecule has 1 aromatic carbocycles. The molecule has 4 nitrogen and oxygen atoms in total. The van der Waals surface area contributed by atoms with Gasteiger partial charge in [-0.1, -0.05) is 11.6 Å². The van der Waals surface area contributed by atoms with Gasteiger partial charge in [-0.3, -0.25) is 0 Å². The first-order valence-corrected chi connectivity index (χ1v) is 7.66. The minimum Gasteiger partial charge on any atom is -0.467 e. The monoisotopic (exact) mass is 361 g/mol. The van der Waals surface area contributed by atoms with Crippen molar-refractivity contribution in [1.82, 2.24) is 0 Å². The number of hydrogen-bond acceptors (Lipinski definition) is 4. The molecule has 1 N–H and O–H groups in total. The number of benzene rings is 1. The Labute approximate surface area is 131 Å². The lowest BCUT2D eigenvalue weighted by Crippen LogP contribution is -2.41. The molecule has 1 aliphatic rings. The molecule has 2 rings (SSSR count). The zero-order valence-corrected chi connectivity index (χ0v) is 13.5. The minimum absolute atomic E-state index is 0.116. The highest BCUT2D eigenvalue weighted by molar-refractivity contribution is 9.10. The molecule has 0 aliphatic carbocycles. The average Bonchev–Trinajstić information content (AvgIpc) is 2.48. The first-order chi connectivity index (χ1) is 9.61. The molecule has 110 valence electrons. The Bertz CT molecular complexity index is 477. The lowest BCUT2D eigenvalue weighted by atomic mass is 9.93. The summed E-state index contributed by atoms with van der Waals surface area (Å²) in [5.41, 5.74) is 0.822. The summed E-state index contributed by atoms with van der Waals surface area (Å²) < 4.78 is 11.1. The van der Waals surface area contributed by atoms with E-state index < -0.39 is 6.04 Å². The molecular weight excluding hydrogens is 346 g/mol. The minimum atomic E-state index is -0.409. The van der Waals surface area contributed by atoms with Gasteiger partial charge in [-0.2, -0.15) is 0 Å². The molecule has 0 spiro atoms. The summed E-state index contributed by atoms with van der Waals surface area (Å²) in [6.45, 7) is 1.33. The van der Waals surface area contributed by atoms with E-state index in [1.54, 1.807) is 6.07 Å². The molecular formula is C14H17BrClNO3. The van der Waals surface area contributed by atoms with Crippen LogP contribution in [0, 0.1) is 5.92 Å². The fourth-order valence-electron chi connectivity index (χ4n) is 2.29. The molecule has 0 amide bonds. The van der Waals surface area contributed by atoms with Crippen LogP contribution in [0.3, 0.4) is 0 Å². The van der Waals surface area contributed by atoms with Crippen molar-refractivity contribution in [1.29, 1.82) is 0 Å². The molecule has 0 aromatic heterocycles. The van der Waals surface area contributed by atoms with E-state index >= 15 is 0 Å². The van der Waals surface area contributed by atoms with Crippen LogP contribution in [-0.2, 0) is 14.3 Å². The Morgan fingerprint density at radius 3 is 3.00 bits per heavy atom. The topological polar surface area (TPSA) is 47.6 Å². The molecule has 0 radical (unpaired) electrons. The largest absolute Gasteiger partial charge is 0.467 e. The van der Waals surface area contributed by atoms with Gasteiger partial charge in [0.2, 0.25) is 0 Å². The summed E-state index contributed by atoms with van der Waals surface area (Å²) in [7, 11) is 1.40. The van der Waals surface area contributed by atoms with E-state index in [9.17, 15) is 4.79 Å². The van der Waals surface area contributed by atoms with Crippen LogP contribution in [0.25, 0.3) is 0 Å². The van der Waals surface area contributed by atoms with Crippen molar-refractivity contribution in [2.24, 2.45) is 5.92 Å². The summed E-state index contributed by atoms with van der Waals surface area (Å²) in [4.78, 5) is 12.0. The van der Waals surface area contributed by atoms with Gasteiger partial charge in [0.05, 0.1) is 18.7 Å². The van der Waals surface area contributed by atoms with E-state index in [1.807, 2.05) is 12.1 Å². The molecule has 1 aromatic rings. The van der Waals surface area contributed by atoms with E-state index in [0.29, 0.717) is 11.6 Å². The Morgan fingerprint density at radius 2 is 2.40 bits per heavy atom. The van der Waals surface area contributed by atoms with Crippen molar-refractivity contribution in [2.75, 3.05) is 25.6 Å². The van der Waals surface area contributed by atoms with Gasteiger partial charge in [-0.15, -0.1) is 0 Å². The third-order valence-corrected chi connectivity index (χ3v) is 4.58. The first kappa shape index (κ1) is 15.6. The highest BCUT2D eigenvalue weighted by Crippen LogP contribution is 2.28. The van der Waals surface area contributed by atoms with Crippen molar-refractivity contribution in [3.8, 4) is 0 Å². The van der Waals surface area contributed by atoms with E-state index in [4.69, 9.17) is 21.1 Å². The van der Waals surface area contributed by atoms with Crippen LogP contribution in [0.4, 0.5) is 5.69 Å². The lowest BCUT2D eigenvalue weighted by molar-refractivity contribution is -0.144. The van der Waals surface area contributed by atoms with Gasteiger partial charge in [0.1, 0.15) is 6.04 Å². The molecule has 2 unspecified atom stereocenters. The molecule has 1 fully saturated rings. The number of esters is 1. The molecule has 6 heteroatoms. The number of halogens is 2. The number of anilines is 1. The maximum absolute atomic E-state index is 12.0. The van der Waals surface area contributed by atoms with Gasteiger partial charge in [-0.25, -0.2) is 4.79 Å². The molecule has 0 saturated carbocycles. The number of methoxy groups -OCH3 is 1. The lowest BCUT2D eigenvalue weighted by Gasteiger charge is -2.29. The van der Waals surface area contributed by atoms with Gasteiger partial charge in [0.25, 0.3) is 0 Å². The Hall–Kier alpha value is -0.780. The predicted molar refractivity (Wildman–Crippen MR) is 82.1 cm³/mol. The number of rotatable bonds is 4. The first-order valence-electron chi connectivity index (χ1n) is 6.49. The highest BCUT2D eigenvalue weighted by atomic mass is 79.9. The zero-order valence-electron chi connectivity index (χ0n) is 11.2. The second kappa shape index (κ2) is 7.29. The third-order valence-electron chi connectivity index (χ3n) is 3.36. The van der Waals surface area contributed by atoms with Crippen LogP contribution >= 0.6 is 27.5 Å². The van der Waals surface area contributed by atoms with Crippen LogP contribution < -0.4 is 5.32 Å². The van der Waals surface area contributed by atoms with Crippen molar-refractivity contribution in [3.63, 3.8) is 0 Å². The summed E-state index contributed by atoms with van der Waals surface area (Å²) in [6.07, 6.45) is 1.91. The van der Waals surface area contributed by atoms with Gasteiger partial charge < -0.3 is 14.8 Å². The SMILES string of the molecule is COC(=O)C(Nc1ccc(Cl)c(Br)c1)C1CCCOC1. The maximum atomic E-state index is 12.0. The average molecular weight is 363 g/mol. The molecule has 20 heavy (non-hydrogen) atoms. The maximum Gasteiger partial charge on any atom is 0.328 e. The number of carbonyl (C=O) groups is 1. The number of ether oxygens (including phenoxy) is 2. The van der Waals surface area contributed by atoms with Crippen molar-refractivity contribution < 1.29 is 14.3 Å².